The number of carbonyl (C=O) groups excluding carboxylic acids is 1. The van der Waals surface area contributed by atoms with Gasteiger partial charge in [0.2, 0.25) is 0 Å². The van der Waals surface area contributed by atoms with Gasteiger partial charge in [0, 0.05) is 0 Å². The van der Waals surface area contributed by atoms with Crippen LogP contribution in [0.5, 0.6) is 5.88 Å². The number of benzene rings is 1. The summed E-state index contributed by atoms with van der Waals surface area (Å²) in [6.07, 6.45) is -1.70. The quantitative estimate of drug-likeness (QED) is 0.392. The van der Waals surface area contributed by atoms with Gasteiger partial charge in [0.25, 0.3) is 5.88 Å². The summed E-state index contributed by atoms with van der Waals surface area (Å²) in [5, 5.41) is 30.2. The maximum absolute atomic E-state index is 11.9. The number of aliphatic hydroxyl groups excluding tert-OH is 2. The largest absolute Gasteiger partial charge is 0.443 e. The van der Waals surface area contributed by atoms with Crippen LogP contribution >= 0.6 is 0 Å². The molecule has 4 atom stereocenters. The molecule has 1 aromatic carbocycles. The summed E-state index contributed by atoms with van der Waals surface area (Å²) in [6.45, 7) is 0.970. The first-order chi connectivity index (χ1) is 14.9. The highest BCUT2D eigenvalue weighted by molar-refractivity contribution is 5.76. The van der Waals surface area contributed by atoms with Crippen LogP contribution in [0.15, 0.2) is 43.0 Å². The minimum absolute atomic E-state index is 0.0580. The lowest BCUT2D eigenvalue weighted by molar-refractivity contribution is -0.0950. The third-order valence-electron chi connectivity index (χ3n) is 4.96. The Morgan fingerprint density at radius 1 is 1.29 bits per heavy atom. The monoisotopic (exact) mass is 431 g/mol. The van der Waals surface area contributed by atoms with Crippen molar-refractivity contribution in [1.29, 1.82) is 0 Å². The molecule has 3 heterocycles. The molecule has 3 aromatic rings. The molecule has 2 aromatic heterocycles. The summed E-state index contributed by atoms with van der Waals surface area (Å²) in [5.41, 5.74) is 1.62. The highest BCUT2D eigenvalue weighted by Crippen LogP contribution is 2.39. The van der Waals surface area contributed by atoms with E-state index in [1.54, 1.807) is 0 Å². The Balaban J connectivity index is 1.47. The predicted molar refractivity (Wildman–Crippen MR) is 103 cm³/mol. The number of amides is 1. The fourth-order valence-electron chi connectivity index (χ4n) is 3.31. The molecular weight excluding hydrogens is 410 g/mol. The average molecular weight is 431 g/mol. The van der Waals surface area contributed by atoms with Gasteiger partial charge in [0.15, 0.2) is 17.4 Å². The first-order valence-corrected chi connectivity index (χ1v) is 9.39. The van der Waals surface area contributed by atoms with Gasteiger partial charge in [0.1, 0.15) is 30.7 Å². The summed E-state index contributed by atoms with van der Waals surface area (Å²) >= 11 is 0. The molecule has 1 amide bonds. The lowest BCUT2D eigenvalue weighted by atomic mass is 9.96. The molecular formula is C19H21N5O7. The normalized spacial score (nSPS) is 25.5. The molecule has 4 N–H and O–H groups in total. The number of aromatic nitrogens is 4. The van der Waals surface area contributed by atoms with E-state index >= 15 is 0 Å². The second-order valence-electron chi connectivity index (χ2n) is 7.15. The predicted octanol–water partition coefficient (Wildman–Crippen LogP) is 0.0481. The van der Waals surface area contributed by atoms with Gasteiger partial charge in [-0.1, -0.05) is 30.3 Å². The minimum Gasteiger partial charge on any atom is -0.443 e. The van der Waals surface area contributed by atoms with E-state index in [-0.39, 0.29) is 23.7 Å². The molecule has 0 spiro atoms. The van der Waals surface area contributed by atoms with Gasteiger partial charge in [-0.15, -0.1) is 0 Å². The summed E-state index contributed by atoms with van der Waals surface area (Å²) in [6, 6.07) is 9.13. The Morgan fingerprint density at radius 2 is 2.06 bits per heavy atom. The van der Waals surface area contributed by atoms with Crippen LogP contribution in [-0.2, 0) is 16.1 Å². The smallest absolute Gasteiger partial charge is 0.440 e. The van der Waals surface area contributed by atoms with E-state index in [0.29, 0.717) is 0 Å². The average Bonchev–Trinajstić information content (AvgIpc) is 3.30. The van der Waals surface area contributed by atoms with Crippen molar-refractivity contribution in [1.82, 2.24) is 25.0 Å². The molecule has 0 radical (unpaired) electrons. The zero-order valence-electron chi connectivity index (χ0n) is 16.5. The number of fused-ring (bicyclic) bond motifs is 1. The maximum atomic E-state index is 11.9. The first-order valence-electron chi connectivity index (χ1n) is 9.39. The molecule has 0 bridgehead atoms. The van der Waals surface area contributed by atoms with Crippen LogP contribution in [0.3, 0.4) is 0 Å². The minimum atomic E-state index is -1.72. The molecule has 12 nitrogen and oxygen atoms in total. The Morgan fingerprint density at radius 3 is 2.77 bits per heavy atom. The van der Waals surface area contributed by atoms with Gasteiger partial charge >= 0.3 is 6.09 Å². The summed E-state index contributed by atoms with van der Waals surface area (Å²) in [4.78, 5) is 29.3. The SMILES string of the molecule is C[C@@]1(O)[C@H](O)[C@@H](CO)O[C@H]1n1cnc2c(ONC(=O)OCc3ccccc3)ncnc21. The number of hydroxylamine groups is 1. The first kappa shape index (κ1) is 20.9. The van der Waals surface area contributed by atoms with Crippen molar-refractivity contribution in [3.05, 3.63) is 48.5 Å². The Hall–Kier alpha value is -3.32. The molecule has 0 saturated carbocycles. The summed E-state index contributed by atoms with van der Waals surface area (Å²) < 4.78 is 12.0. The molecule has 31 heavy (non-hydrogen) atoms. The van der Waals surface area contributed by atoms with E-state index in [4.69, 9.17) is 14.3 Å². The highest BCUT2D eigenvalue weighted by atomic mass is 16.7. The van der Waals surface area contributed by atoms with Gasteiger partial charge in [0.05, 0.1) is 12.9 Å². The van der Waals surface area contributed by atoms with Gasteiger partial charge in [-0.05, 0) is 12.5 Å². The van der Waals surface area contributed by atoms with Gasteiger partial charge < -0.3 is 29.6 Å². The van der Waals surface area contributed by atoms with Crippen LogP contribution in [0.4, 0.5) is 4.79 Å². The summed E-state index contributed by atoms with van der Waals surface area (Å²) in [5.74, 6) is -0.0580. The molecule has 4 rings (SSSR count). The van der Waals surface area contributed by atoms with Crippen LogP contribution in [0, 0.1) is 0 Å². The van der Waals surface area contributed by atoms with Crippen molar-refractivity contribution in [2.75, 3.05) is 6.61 Å². The van der Waals surface area contributed by atoms with Crippen molar-refractivity contribution in [2.45, 2.75) is 37.6 Å². The number of hydrogen-bond acceptors (Lipinski definition) is 10. The number of carbonyl (C=O) groups is 1. The standard InChI is InChI=1S/C19H21N5O7/c1-19(28)14(26)12(7-25)30-17(19)24-10-22-13-15(24)20-9-21-16(13)31-23-18(27)29-8-11-5-3-2-4-6-11/h2-6,9-10,12,14,17,25-26,28H,7-8H2,1H3,(H,23,27)/t12-,14-,17-,19-/m1/s1. The lowest BCUT2D eigenvalue weighted by Crippen LogP contribution is -2.44. The van der Waals surface area contributed by atoms with Crippen LogP contribution < -0.4 is 10.3 Å². The van der Waals surface area contributed by atoms with Crippen molar-refractivity contribution in [3.8, 4) is 5.88 Å². The fraction of sp³-hybridized carbons (Fsp3) is 0.368. The molecule has 0 aliphatic carbocycles. The van der Waals surface area contributed by atoms with E-state index < -0.39 is 36.7 Å². The zero-order valence-corrected chi connectivity index (χ0v) is 16.5. The molecule has 1 aliphatic heterocycles. The number of ether oxygens (including phenoxy) is 2. The second-order valence-corrected chi connectivity index (χ2v) is 7.15. The maximum Gasteiger partial charge on any atom is 0.440 e. The van der Waals surface area contributed by atoms with Crippen molar-refractivity contribution >= 4 is 17.3 Å². The van der Waals surface area contributed by atoms with Crippen LogP contribution in [0.2, 0.25) is 0 Å². The van der Waals surface area contributed by atoms with Gasteiger partial charge in [-0.25, -0.2) is 14.8 Å². The third kappa shape index (κ3) is 4.01. The molecule has 1 saturated heterocycles. The van der Waals surface area contributed by atoms with E-state index in [1.165, 1.54) is 24.1 Å². The van der Waals surface area contributed by atoms with Crippen molar-refractivity contribution in [2.24, 2.45) is 0 Å². The van der Waals surface area contributed by atoms with Gasteiger partial charge in [-0.3, -0.25) is 4.57 Å². The Labute approximate surface area is 176 Å². The van der Waals surface area contributed by atoms with Crippen molar-refractivity contribution < 1.29 is 34.4 Å². The molecule has 1 fully saturated rings. The summed E-state index contributed by atoms with van der Waals surface area (Å²) in [7, 11) is 0. The molecule has 164 valence electrons. The van der Waals surface area contributed by atoms with E-state index in [1.807, 2.05) is 30.3 Å². The topological polar surface area (TPSA) is 161 Å². The van der Waals surface area contributed by atoms with Crippen molar-refractivity contribution in [3.63, 3.8) is 0 Å². The van der Waals surface area contributed by atoms with Crippen LogP contribution in [0.1, 0.15) is 18.7 Å². The number of aliphatic hydroxyl groups is 3. The lowest BCUT2D eigenvalue weighted by Gasteiger charge is -2.27. The van der Waals surface area contributed by atoms with Crippen LogP contribution in [-0.4, -0.2) is 65.3 Å². The number of nitrogens with one attached hydrogen (secondary N) is 1. The second kappa shape index (κ2) is 8.43. The molecule has 0 unspecified atom stereocenters. The molecule has 1 aliphatic rings. The zero-order chi connectivity index (χ0) is 22.0. The Bertz CT molecular complexity index is 1060. The van der Waals surface area contributed by atoms with Gasteiger partial charge in [-0.2, -0.15) is 10.5 Å². The highest BCUT2D eigenvalue weighted by Gasteiger charge is 2.53. The fourth-order valence-corrected chi connectivity index (χ4v) is 3.31. The number of rotatable bonds is 6. The van der Waals surface area contributed by atoms with Crippen LogP contribution in [0.25, 0.3) is 11.2 Å². The number of imidazole rings is 1. The third-order valence-corrected chi connectivity index (χ3v) is 4.96. The Kier molecular flexibility index (Phi) is 5.69. The number of hydrogen-bond donors (Lipinski definition) is 4. The van der Waals surface area contributed by atoms with E-state index in [9.17, 15) is 20.1 Å². The number of nitrogens with zero attached hydrogens (tertiary/aromatic N) is 4. The molecule has 12 heteroatoms. The van der Waals surface area contributed by atoms with E-state index in [0.717, 1.165) is 5.56 Å². The van der Waals surface area contributed by atoms with E-state index in [2.05, 4.69) is 20.4 Å².